The number of nitrogens with zero attached hydrogens (tertiary/aromatic N) is 3. The van der Waals surface area contributed by atoms with Crippen LogP contribution in [0.3, 0.4) is 0 Å². The van der Waals surface area contributed by atoms with E-state index in [9.17, 15) is 22.8 Å². The summed E-state index contributed by atoms with van der Waals surface area (Å²) < 4.78 is 42.3. The number of hydrogen-bond donors (Lipinski definition) is 1. The van der Waals surface area contributed by atoms with E-state index in [0.717, 1.165) is 6.08 Å². The number of carbonyl (C=O) groups excluding carboxylic acids is 2. The van der Waals surface area contributed by atoms with Gasteiger partial charge in [-0.2, -0.15) is 13.2 Å². The Morgan fingerprint density at radius 2 is 2.15 bits per heavy atom. The first-order valence-electron chi connectivity index (χ1n) is 8.26. The van der Waals surface area contributed by atoms with Gasteiger partial charge in [-0.1, -0.05) is 6.58 Å². The number of anilines is 1. The van der Waals surface area contributed by atoms with E-state index in [4.69, 9.17) is 0 Å². The first-order valence-corrected chi connectivity index (χ1v) is 8.26. The quantitative estimate of drug-likeness (QED) is 0.591. The van der Waals surface area contributed by atoms with E-state index in [-0.39, 0.29) is 18.8 Å². The van der Waals surface area contributed by atoms with Gasteiger partial charge >= 0.3 is 12.1 Å². The first-order chi connectivity index (χ1) is 12.7. The van der Waals surface area contributed by atoms with Crippen LogP contribution in [0.4, 0.5) is 18.9 Å². The summed E-state index contributed by atoms with van der Waals surface area (Å²) in [6, 6.07) is 3.19. The Kier molecular flexibility index (Phi) is 6.78. The van der Waals surface area contributed by atoms with E-state index in [1.54, 1.807) is 11.0 Å². The molecule has 0 aromatic carbocycles. The van der Waals surface area contributed by atoms with Gasteiger partial charge in [-0.15, -0.1) is 0 Å². The largest absolute Gasteiger partial charge is 0.464 e. The number of ether oxygens (including phenoxy) is 1. The molecular weight excluding hydrogens is 365 g/mol. The van der Waals surface area contributed by atoms with Crippen molar-refractivity contribution in [2.75, 3.05) is 38.2 Å². The average molecular weight is 386 g/mol. The molecule has 2 heterocycles. The minimum atomic E-state index is -4.27. The summed E-state index contributed by atoms with van der Waals surface area (Å²) in [4.78, 5) is 30.6. The summed E-state index contributed by atoms with van der Waals surface area (Å²) in [6.45, 7) is 4.22. The number of amides is 1. The van der Waals surface area contributed by atoms with Crippen LogP contribution in [0.15, 0.2) is 31.0 Å². The number of rotatable bonds is 6. The smallest absolute Gasteiger partial charge is 0.390 e. The zero-order valence-corrected chi connectivity index (χ0v) is 14.8. The van der Waals surface area contributed by atoms with Crippen molar-refractivity contribution < 1.29 is 27.5 Å². The van der Waals surface area contributed by atoms with Gasteiger partial charge < -0.3 is 15.0 Å². The molecule has 0 saturated carbocycles. The number of hydrogen-bond acceptors (Lipinski definition) is 6. The predicted octanol–water partition coefficient (Wildman–Crippen LogP) is 1.57. The van der Waals surface area contributed by atoms with Gasteiger partial charge in [0.15, 0.2) is 0 Å². The van der Waals surface area contributed by atoms with Gasteiger partial charge in [-0.3, -0.25) is 9.69 Å². The number of halogens is 3. The van der Waals surface area contributed by atoms with E-state index < -0.39 is 30.6 Å². The molecule has 27 heavy (non-hydrogen) atoms. The summed E-state index contributed by atoms with van der Waals surface area (Å²) in [7, 11) is 1.25. The van der Waals surface area contributed by atoms with E-state index in [1.165, 1.54) is 19.4 Å². The van der Waals surface area contributed by atoms with Crippen molar-refractivity contribution in [2.24, 2.45) is 0 Å². The van der Waals surface area contributed by atoms with Crippen LogP contribution >= 0.6 is 0 Å². The monoisotopic (exact) mass is 386 g/mol. The fraction of sp³-hybridized carbons (Fsp3) is 0.471. The maximum Gasteiger partial charge on any atom is 0.390 e. The lowest BCUT2D eigenvalue weighted by Gasteiger charge is -2.42. The van der Waals surface area contributed by atoms with Crippen molar-refractivity contribution >= 4 is 17.6 Å². The highest BCUT2D eigenvalue weighted by atomic mass is 19.4. The number of aromatic nitrogens is 1. The van der Waals surface area contributed by atoms with Gasteiger partial charge in [-0.05, 0) is 18.2 Å². The number of piperazine rings is 1. The Bertz CT molecular complexity index is 679. The summed E-state index contributed by atoms with van der Waals surface area (Å²) >= 11 is 0. The van der Waals surface area contributed by atoms with Crippen LogP contribution < -0.4 is 10.2 Å². The maximum absolute atomic E-state index is 12.6. The van der Waals surface area contributed by atoms with Crippen molar-refractivity contribution in [1.82, 2.24) is 15.2 Å². The summed E-state index contributed by atoms with van der Waals surface area (Å²) in [5, 5.41) is 2.66. The number of methoxy groups -OCH3 is 1. The van der Waals surface area contributed by atoms with E-state index in [0.29, 0.717) is 18.8 Å². The van der Waals surface area contributed by atoms with Crippen molar-refractivity contribution in [3.8, 4) is 0 Å². The van der Waals surface area contributed by atoms with E-state index in [2.05, 4.69) is 21.6 Å². The average Bonchev–Trinajstić information content (AvgIpc) is 2.65. The number of pyridine rings is 1. The molecule has 2 rings (SSSR count). The molecule has 1 amide bonds. The number of esters is 1. The molecule has 148 valence electrons. The molecule has 1 unspecified atom stereocenters. The van der Waals surface area contributed by atoms with Crippen molar-refractivity contribution in [3.63, 3.8) is 0 Å². The molecule has 1 N–H and O–H groups in total. The van der Waals surface area contributed by atoms with Crippen LogP contribution in [-0.4, -0.2) is 67.4 Å². The van der Waals surface area contributed by atoms with Gasteiger partial charge in [0.05, 0.1) is 32.0 Å². The molecule has 7 nitrogen and oxygen atoms in total. The molecule has 0 bridgehead atoms. The SMILES string of the molecule is C=CC(=O)NC1CN(c2ccc(C(=O)OC)nc2)CCN1CCC(F)(F)F. The van der Waals surface area contributed by atoms with Gasteiger partial charge in [0.1, 0.15) is 11.9 Å². The summed E-state index contributed by atoms with van der Waals surface area (Å²) in [5.74, 6) is -1.02. The van der Waals surface area contributed by atoms with Crippen LogP contribution in [0.1, 0.15) is 16.9 Å². The molecule has 1 atom stereocenters. The molecule has 0 aliphatic carbocycles. The second-order valence-electron chi connectivity index (χ2n) is 5.97. The van der Waals surface area contributed by atoms with Crippen LogP contribution in [-0.2, 0) is 9.53 Å². The third-order valence-electron chi connectivity index (χ3n) is 4.18. The number of alkyl halides is 3. The Labute approximate surface area is 154 Å². The Morgan fingerprint density at radius 1 is 1.41 bits per heavy atom. The molecule has 10 heteroatoms. The summed E-state index contributed by atoms with van der Waals surface area (Å²) in [6.07, 6.45) is -3.26. The van der Waals surface area contributed by atoms with Crippen molar-refractivity contribution in [2.45, 2.75) is 18.8 Å². The predicted molar refractivity (Wildman–Crippen MR) is 92.2 cm³/mol. The standard InChI is InChI=1S/C17H21F3N4O3/c1-3-15(25)22-14-11-24(9-8-23(14)7-6-17(18,19)20)12-4-5-13(21-10-12)16(26)27-2/h3-5,10,14H,1,6-9,11H2,2H3,(H,22,25). The van der Waals surface area contributed by atoms with Crippen molar-refractivity contribution in [3.05, 3.63) is 36.7 Å². The lowest BCUT2D eigenvalue weighted by molar-refractivity contribution is -0.140. The lowest BCUT2D eigenvalue weighted by Crippen LogP contribution is -2.60. The van der Waals surface area contributed by atoms with E-state index >= 15 is 0 Å². The molecule has 1 saturated heterocycles. The minimum Gasteiger partial charge on any atom is -0.464 e. The van der Waals surface area contributed by atoms with Crippen LogP contribution in [0.25, 0.3) is 0 Å². The molecular formula is C17H21F3N4O3. The van der Waals surface area contributed by atoms with Crippen LogP contribution in [0.5, 0.6) is 0 Å². The van der Waals surface area contributed by atoms with Crippen LogP contribution in [0.2, 0.25) is 0 Å². The Hall–Kier alpha value is -2.62. The third kappa shape index (κ3) is 5.95. The molecule has 1 fully saturated rings. The highest BCUT2D eigenvalue weighted by Crippen LogP contribution is 2.23. The molecule has 0 radical (unpaired) electrons. The second-order valence-corrected chi connectivity index (χ2v) is 5.97. The second kappa shape index (κ2) is 8.85. The summed E-state index contributed by atoms with van der Waals surface area (Å²) in [5.41, 5.74) is 0.845. The number of nitrogens with one attached hydrogen (secondary N) is 1. The molecule has 1 aromatic rings. The third-order valence-corrected chi connectivity index (χ3v) is 4.18. The zero-order chi connectivity index (χ0) is 20.0. The van der Waals surface area contributed by atoms with Gasteiger partial charge in [0.25, 0.3) is 0 Å². The topological polar surface area (TPSA) is 74.8 Å². The normalized spacial score (nSPS) is 18.1. The van der Waals surface area contributed by atoms with Gasteiger partial charge in [0, 0.05) is 19.6 Å². The van der Waals surface area contributed by atoms with Gasteiger partial charge in [0.2, 0.25) is 5.91 Å². The molecule has 0 spiro atoms. The zero-order valence-electron chi connectivity index (χ0n) is 14.8. The van der Waals surface area contributed by atoms with Gasteiger partial charge in [-0.25, -0.2) is 9.78 Å². The molecule has 1 aliphatic heterocycles. The Morgan fingerprint density at radius 3 is 2.70 bits per heavy atom. The fourth-order valence-corrected chi connectivity index (χ4v) is 2.75. The number of carbonyl (C=O) groups is 2. The molecule has 1 aromatic heterocycles. The fourth-order valence-electron chi connectivity index (χ4n) is 2.75. The van der Waals surface area contributed by atoms with E-state index in [1.807, 2.05) is 4.90 Å². The first kappa shape index (κ1) is 20.7. The minimum absolute atomic E-state index is 0.154. The highest BCUT2D eigenvalue weighted by molar-refractivity contribution is 5.87. The molecule has 1 aliphatic rings. The highest BCUT2D eigenvalue weighted by Gasteiger charge is 2.33. The Balaban J connectivity index is 2.09. The maximum atomic E-state index is 12.6. The lowest BCUT2D eigenvalue weighted by atomic mass is 10.2. The van der Waals surface area contributed by atoms with Crippen molar-refractivity contribution in [1.29, 1.82) is 0 Å². The van der Waals surface area contributed by atoms with Crippen LogP contribution in [0, 0.1) is 0 Å².